The summed E-state index contributed by atoms with van der Waals surface area (Å²) in [5.41, 5.74) is 1.18. The molecule has 0 N–H and O–H groups in total. The van der Waals surface area contributed by atoms with Crippen molar-refractivity contribution >= 4 is 21.7 Å². The van der Waals surface area contributed by atoms with E-state index in [0.717, 1.165) is 16.8 Å². The minimum absolute atomic E-state index is 0.967. The average molecular weight is 229 g/mol. The topological polar surface area (TPSA) is 16.1 Å². The second-order valence-corrected chi connectivity index (χ2v) is 3.69. The molecule has 0 fully saturated rings. The standard InChI is InChI=1S/C9H13BrN2/c1-4-12(3)9-8(10)5-7(2)6-11-9/h5-6H,4H2,1-3H3. The first kappa shape index (κ1) is 9.52. The van der Waals surface area contributed by atoms with Crippen LogP contribution in [0.5, 0.6) is 0 Å². The van der Waals surface area contributed by atoms with Gasteiger partial charge in [0, 0.05) is 19.8 Å². The van der Waals surface area contributed by atoms with Crippen molar-refractivity contribution in [3.05, 3.63) is 22.3 Å². The maximum absolute atomic E-state index is 4.33. The summed E-state index contributed by atoms with van der Waals surface area (Å²) in [6.45, 7) is 5.11. The molecule has 0 bridgehead atoms. The predicted molar refractivity (Wildman–Crippen MR) is 55.6 cm³/mol. The maximum Gasteiger partial charge on any atom is 0.142 e. The van der Waals surface area contributed by atoms with Crippen LogP contribution in [0.1, 0.15) is 12.5 Å². The van der Waals surface area contributed by atoms with Gasteiger partial charge in [-0.2, -0.15) is 0 Å². The highest BCUT2D eigenvalue weighted by molar-refractivity contribution is 9.10. The molecule has 2 nitrogen and oxygen atoms in total. The Bertz CT molecular complexity index is 273. The van der Waals surface area contributed by atoms with E-state index >= 15 is 0 Å². The van der Waals surface area contributed by atoms with Gasteiger partial charge in [-0.25, -0.2) is 4.98 Å². The summed E-state index contributed by atoms with van der Waals surface area (Å²) in [7, 11) is 2.03. The molecule has 0 aliphatic rings. The fraction of sp³-hybridized carbons (Fsp3) is 0.444. The highest BCUT2D eigenvalue weighted by Gasteiger charge is 2.04. The zero-order valence-electron chi connectivity index (χ0n) is 7.63. The van der Waals surface area contributed by atoms with Gasteiger partial charge in [-0.3, -0.25) is 0 Å². The molecule has 0 saturated carbocycles. The average Bonchev–Trinajstić information content (AvgIpc) is 2.03. The Morgan fingerprint density at radius 1 is 1.58 bits per heavy atom. The Hall–Kier alpha value is -0.570. The summed E-state index contributed by atoms with van der Waals surface area (Å²) in [5, 5.41) is 0. The van der Waals surface area contributed by atoms with Crippen molar-refractivity contribution in [2.75, 3.05) is 18.5 Å². The molecule has 1 heterocycles. The van der Waals surface area contributed by atoms with Gasteiger partial charge < -0.3 is 4.90 Å². The molecule has 0 saturated heterocycles. The van der Waals surface area contributed by atoms with Crippen LogP contribution in [0.2, 0.25) is 0 Å². The summed E-state index contributed by atoms with van der Waals surface area (Å²) in [6, 6.07) is 2.08. The van der Waals surface area contributed by atoms with Gasteiger partial charge in [-0.15, -0.1) is 0 Å². The number of rotatable bonds is 2. The van der Waals surface area contributed by atoms with Crippen LogP contribution in [0, 0.1) is 6.92 Å². The number of halogens is 1. The van der Waals surface area contributed by atoms with E-state index < -0.39 is 0 Å². The van der Waals surface area contributed by atoms with Gasteiger partial charge in [0.2, 0.25) is 0 Å². The van der Waals surface area contributed by atoms with Gasteiger partial charge in [0.15, 0.2) is 0 Å². The van der Waals surface area contributed by atoms with Crippen LogP contribution in [0.3, 0.4) is 0 Å². The molecule has 0 spiro atoms. The fourth-order valence-electron chi connectivity index (χ4n) is 0.957. The first-order chi connectivity index (χ1) is 5.65. The van der Waals surface area contributed by atoms with Crippen molar-refractivity contribution in [1.29, 1.82) is 0 Å². The normalized spacial score (nSPS) is 10.0. The van der Waals surface area contributed by atoms with Crippen LogP contribution >= 0.6 is 15.9 Å². The lowest BCUT2D eigenvalue weighted by atomic mass is 10.3. The summed E-state index contributed by atoms with van der Waals surface area (Å²) >= 11 is 3.48. The van der Waals surface area contributed by atoms with Gasteiger partial charge >= 0.3 is 0 Å². The van der Waals surface area contributed by atoms with E-state index in [1.54, 1.807) is 0 Å². The first-order valence-corrected chi connectivity index (χ1v) is 4.77. The number of aromatic nitrogens is 1. The molecule has 0 unspecified atom stereocenters. The third kappa shape index (κ3) is 1.97. The number of hydrogen-bond acceptors (Lipinski definition) is 2. The van der Waals surface area contributed by atoms with Gasteiger partial charge in [-0.1, -0.05) is 0 Å². The van der Waals surface area contributed by atoms with Crippen LogP contribution < -0.4 is 4.90 Å². The molecule has 1 aromatic rings. The molecule has 0 amide bonds. The Kier molecular flexibility index (Phi) is 3.09. The quantitative estimate of drug-likeness (QED) is 0.774. The zero-order valence-corrected chi connectivity index (χ0v) is 9.22. The van der Waals surface area contributed by atoms with Crippen LogP contribution in [0.4, 0.5) is 5.82 Å². The molecule has 3 heteroatoms. The number of pyridine rings is 1. The van der Waals surface area contributed by atoms with E-state index in [-0.39, 0.29) is 0 Å². The summed E-state index contributed by atoms with van der Waals surface area (Å²) in [5.74, 6) is 1.00. The number of anilines is 1. The van der Waals surface area contributed by atoms with Crippen LogP contribution in [0.25, 0.3) is 0 Å². The Morgan fingerprint density at radius 2 is 2.25 bits per heavy atom. The van der Waals surface area contributed by atoms with E-state index in [9.17, 15) is 0 Å². The molecule has 66 valence electrons. The van der Waals surface area contributed by atoms with Crippen molar-refractivity contribution in [2.24, 2.45) is 0 Å². The third-order valence-corrected chi connectivity index (χ3v) is 2.38. The van der Waals surface area contributed by atoms with E-state index in [1.165, 1.54) is 5.56 Å². The second-order valence-electron chi connectivity index (χ2n) is 2.83. The minimum atomic E-state index is 0.967. The van der Waals surface area contributed by atoms with Gasteiger partial charge in [0.1, 0.15) is 5.82 Å². The van der Waals surface area contributed by atoms with Crippen LogP contribution in [-0.2, 0) is 0 Å². The number of nitrogens with zero attached hydrogens (tertiary/aromatic N) is 2. The zero-order chi connectivity index (χ0) is 9.14. The monoisotopic (exact) mass is 228 g/mol. The summed E-state index contributed by atoms with van der Waals surface area (Å²) < 4.78 is 1.06. The molecule has 1 rings (SSSR count). The highest BCUT2D eigenvalue weighted by atomic mass is 79.9. The molecule has 0 aliphatic carbocycles. The van der Waals surface area contributed by atoms with E-state index in [4.69, 9.17) is 0 Å². The fourth-order valence-corrected chi connectivity index (χ4v) is 1.72. The predicted octanol–water partition coefficient (Wildman–Crippen LogP) is 2.61. The van der Waals surface area contributed by atoms with Crippen molar-refractivity contribution < 1.29 is 0 Å². The van der Waals surface area contributed by atoms with Gasteiger partial charge in [-0.05, 0) is 41.4 Å². The van der Waals surface area contributed by atoms with Gasteiger partial charge in [0.05, 0.1) is 4.47 Å². The second kappa shape index (κ2) is 3.90. The van der Waals surface area contributed by atoms with E-state index in [2.05, 4.69) is 38.8 Å². The Labute approximate surface area is 81.7 Å². The molecule has 0 aliphatic heterocycles. The Balaban J connectivity index is 3.01. The number of aryl methyl sites for hydroxylation is 1. The minimum Gasteiger partial charge on any atom is -0.359 e. The van der Waals surface area contributed by atoms with Crippen LogP contribution in [-0.4, -0.2) is 18.6 Å². The molecular weight excluding hydrogens is 216 g/mol. The van der Waals surface area contributed by atoms with Crippen LogP contribution in [0.15, 0.2) is 16.7 Å². The summed E-state index contributed by atoms with van der Waals surface area (Å²) in [4.78, 5) is 6.43. The Morgan fingerprint density at radius 3 is 2.75 bits per heavy atom. The molecule has 1 aromatic heterocycles. The molecule has 12 heavy (non-hydrogen) atoms. The molecule has 0 radical (unpaired) electrons. The number of hydrogen-bond donors (Lipinski definition) is 0. The largest absolute Gasteiger partial charge is 0.359 e. The van der Waals surface area contributed by atoms with Crippen molar-refractivity contribution in [1.82, 2.24) is 4.98 Å². The van der Waals surface area contributed by atoms with E-state index in [1.807, 2.05) is 20.2 Å². The third-order valence-electron chi connectivity index (χ3n) is 1.79. The maximum atomic E-state index is 4.33. The SMILES string of the molecule is CCN(C)c1ncc(C)cc1Br. The van der Waals surface area contributed by atoms with Crippen molar-refractivity contribution in [2.45, 2.75) is 13.8 Å². The lowest BCUT2D eigenvalue weighted by Crippen LogP contribution is -2.17. The highest BCUT2D eigenvalue weighted by Crippen LogP contribution is 2.22. The van der Waals surface area contributed by atoms with Crippen molar-refractivity contribution in [3.8, 4) is 0 Å². The summed E-state index contributed by atoms with van der Waals surface area (Å²) in [6.07, 6.45) is 1.88. The first-order valence-electron chi connectivity index (χ1n) is 3.98. The molecule has 0 atom stereocenters. The molecule has 0 aromatic carbocycles. The smallest absolute Gasteiger partial charge is 0.142 e. The lowest BCUT2D eigenvalue weighted by molar-refractivity contribution is 0.931. The van der Waals surface area contributed by atoms with E-state index in [0.29, 0.717) is 0 Å². The molecular formula is C9H13BrN2. The van der Waals surface area contributed by atoms with Gasteiger partial charge in [0.25, 0.3) is 0 Å². The van der Waals surface area contributed by atoms with Crippen molar-refractivity contribution in [3.63, 3.8) is 0 Å². The lowest BCUT2D eigenvalue weighted by Gasteiger charge is -2.16.